The highest BCUT2D eigenvalue weighted by molar-refractivity contribution is 7.91. The minimum atomic E-state index is -3.08. The fourth-order valence-electron chi connectivity index (χ4n) is 12.2. The van der Waals surface area contributed by atoms with E-state index in [4.69, 9.17) is 23.6 Å². The Kier molecular flexibility index (Phi) is 17.1. The van der Waals surface area contributed by atoms with Gasteiger partial charge in [-0.25, -0.2) is 13.8 Å². The number of aromatic hydroxyl groups is 1. The zero-order chi connectivity index (χ0) is 58.2. The largest absolute Gasteiger partial charge is 0.508 e. The number of ether oxygens (including phenoxy) is 3. The summed E-state index contributed by atoms with van der Waals surface area (Å²) in [4.78, 5) is 66.9. The van der Waals surface area contributed by atoms with Crippen LogP contribution in [0.15, 0.2) is 83.4 Å². The van der Waals surface area contributed by atoms with Crippen LogP contribution in [-0.2, 0) is 69.2 Å². The van der Waals surface area contributed by atoms with Gasteiger partial charge >= 0.3 is 5.97 Å². The van der Waals surface area contributed by atoms with Crippen molar-refractivity contribution in [2.24, 2.45) is 11.3 Å². The highest BCUT2D eigenvalue weighted by Gasteiger charge is 2.43. The first-order valence-corrected chi connectivity index (χ1v) is 30.3. The van der Waals surface area contributed by atoms with Crippen molar-refractivity contribution >= 4 is 44.4 Å². The van der Waals surface area contributed by atoms with Gasteiger partial charge in [0, 0.05) is 87.4 Å². The summed E-state index contributed by atoms with van der Waals surface area (Å²) in [5.74, 6) is -1.76. The molecule has 0 saturated carbocycles. The molecule has 0 unspecified atom stereocenters. The summed E-state index contributed by atoms with van der Waals surface area (Å²) in [7, 11) is 0.157. The van der Waals surface area contributed by atoms with Crippen LogP contribution in [0.3, 0.4) is 0 Å². The van der Waals surface area contributed by atoms with Gasteiger partial charge in [0.25, 0.3) is 11.8 Å². The number of carbonyl (C=O) groups excluding carboxylic acids is 4. The van der Waals surface area contributed by atoms with Crippen LogP contribution in [-0.4, -0.2) is 155 Å². The van der Waals surface area contributed by atoms with E-state index in [1.54, 1.807) is 32.5 Å². The fourth-order valence-corrected chi connectivity index (χ4v) is 13.4. The number of esters is 1. The highest BCUT2D eigenvalue weighted by atomic mass is 32.2. The molecule has 6 atom stereocenters. The van der Waals surface area contributed by atoms with Crippen molar-refractivity contribution in [3.05, 3.63) is 107 Å². The normalized spacial score (nSPS) is 22.1. The van der Waals surface area contributed by atoms with Crippen LogP contribution in [0.5, 0.6) is 5.75 Å². The van der Waals surface area contributed by atoms with Gasteiger partial charge in [0.15, 0.2) is 9.84 Å². The number of hydrazine groups is 1. The van der Waals surface area contributed by atoms with E-state index in [-0.39, 0.29) is 60.5 Å². The van der Waals surface area contributed by atoms with Gasteiger partial charge in [-0.3, -0.25) is 34.1 Å². The number of nitrogens with one attached hydrogen (secondary N) is 2. The predicted octanol–water partition coefficient (Wildman–Crippen LogP) is 6.79. The number of methoxy groups -OCH3 is 1. The lowest BCUT2D eigenvalue weighted by molar-refractivity contribution is -0.155. The Morgan fingerprint density at radius 1 is 0.963 bits per heavy atom. The molecule has 0 aliphatic carbocycles. The van der Waals surface area contributed by atoms with E-state index < -0.39 is 63.4 Å². The first-order chi connectivity index (χ1) is 39.2. The minimum absolute atomic E-state index is 0.0264. The van der Waals surface area contributed by atoms with E-state index in [2.05, 4.69) is 44.6 Å². The Labute approximate surface area is 478 Å². The molecule has 10 rings (SSSR count). The van der Waals surface area contributed by atoms with Gasteiger partial charge in [-0.2, -0.15) is 0 Å². The number of fused-ring (bicyclic) bond motifs is 6. The van der Waals surface area contributed by atoms with Crippen molar-refractivity contribution in [1.29, 1.82) is 0 Å². The lowest BCUT2D eigenvalue weighted by Crippen LogP contribution is -2.62. The molecule has 3 fully saturated rings. The van der Waals surface area contributed by atoms with E-state index in [0.717, 1.165) is 38.9 Å². The molecule has 436 valence electrons. The predicted molar refractivity (Wildman–Crippen MR) is 307 cm³/mol. The summed E-state index contributed by atoms with van der Waals surface area (Å²) in [6.45, 7) is 14.1. The van der Waals surface area contributed by atoms with Gasteiger partial charge < -0.3 is 38.5 Å². The molecular weight excluding hydrogens is 1070 g/mol. The van der Waals surface area contributed by atoms with Crippen LogP contribution in [0.1, 0.15) is 101 Å². The number of rotatable bonds is 13. The second kappa shape index (κ2) is 24.0. The lowest BCUT2D eigenvalue weighted by Gasteiger charge is -2.37. The molecule has 0 radical (unpaired) electrons. The highest BCUT2D eigenvalue weighted by Crippen LogP contribution is 2.44. The molecule has 82 heavy (non-hydrogen) atoms. The van der Waals surface area contributed by atoms with E-state index in [0.29, 0.717) is 86.7 Å². The number of amides is 3. The Morgan fingerprint density at radius 3 is 2.46 bits per heavy atom. The van der Waals surface area contributed by atoms with Crippen LogP contribution in [0, 0.1) is 11.3 Å². The van der Waals surface area contributed by atoms with Crippen molar-refractivity contribution in [2.75, 3.05) is 58.5 Å². The first kappa shape index (κ1) is 58.2. The molecule has 7 heterocycles. The number of pyridine rings is 1. The molecule has 4 aliphatic rings. The van der Waals surface area contributed by atoms with Crippen molar-refractivity contribution in [3.63, 3.8) is 0 Å². The number of sulfone groups is 1. The maximum atomic E-state index is 15.0. The molecule has 6 aromatic rings. The number of likely N-dealkylation sites (N-methyl/N-ethyl adjacent to an activating group) is 1. The minimum Gasteiger partial charge on any atom is -0.508 e. The van der Waals surface area contributed by atoms with Gasteiger partial charge in [0.2, 0.25) is 17.7 Å². The van der Waals surface area contributed by atoms with Crippen molar-refractivity contribution in [3.8, 4) is 39.6 Å². The zero-order valence-corrected chi connectivity index (χ0v) is 48.8. The van der Waals surface area contributed by atoms with E-state index in [1.807, 2.05) is 88.0 Å². The maximum absolute atomic E-state index is 15.0. The average Bonchev–Trinajstić information content (AvgIpc) is 4.43. The van der Waals surface area contributed by atoms with Gasteiger partial charge in [-0.15, -0.1) is 10.2 Å². The maximum Gasteiger partial charge on any atom is 0.324 e. The molecule has 4 aliphatic heterocycles. The smallest absolute Gasteiger partial charge is 0.324 e. The Balaban J connectivity index is 1.04. The monoisotopic (exact) mass is 1140 g/mol. The number of nitrogens with zero attached hydrogens (tertiary/aromatic N) is 7. The molecule has 3 aromatic carbocycles. The summed E-state index contributed by atoms with van der Waals surface area (Å²) >= 11 is 0. The fraction of sp³-hybridized carbons (Fsp3) is 0.492. The molecule has 3 aromatic heterocycles. The Morgan fingerprint density at radius 2 is 1.73 bits per heavy atom. The molecule has 21 heteroatoms. The number of carbonyl (C=O) groups is 4. The molecule has 3 amide bonds. The van der Waals surface area contributed by atoms with Gasteiger partial charge in [0.1, 0.15) is 30.0 Å². The number of hydrogen-bond acceptors (Lipinski definition) is 16. The van der Waals surface area contributed by atoms with Gasteiger partial charge in [-0.1, -0.05) is 70.2 Å². The number of cyclic esters (lactones) is 1. The summed E-state index contributed by atoms with van der Waals surface area (Å²) in [6.07, 6.45) is 2.34. The molecular formula is C61H75N9O11S. The third-order valence-electron chi connectivity index (χ3n) is 16.5. The Bertz CT molecular complexity index is 3460. The second-order valence-corrected chi connectivity index (χ2v) is 25.7. The summed E-state index contributed by atoms with van der Waals surface area (Å²) in [5.41, 5.74) is 10.2. The van der Waals surface area contributed by atoms with Crippen LogP contribution in [0.25, 0.3) is 44.7 Å². The standard InChI is InChI=1S/C61H75N9O11S/c1-9-69-50-18-17-40-30-45(50)47(54(69)46-31-42(33-62-52(46)37(4)78-8)57-65-64-51(81-57)34-68-21-24-82(76,77)25-22-68)32-61(5,6)35-80-60(75)48-16-13-20-70(66-48)58(73)49(28-38-26-41(40)29-43(71)27-38)63-56(72)53(36(2)3)67(7)59(74)55-44(19-23-79-55)39-14-11-10-12-15-39/h10-12,14-15,17-18,26-27,29-31,33,36-37,44,48-49,53,55,66,71H,9,13,16,19-25,28,32,34-35H2,1-8H3,(H,63,72)/t37-,44+,48-,49-,53-,55+/m0/s1. The topological polar surface area (TPSA) is 241 Å². The van der Waals surface area contributed by atoms with Gasteiger partial charge in [0.05, 0.1) is 47.7 Å². The summed E-state index contributed by atoms with van der Waals surface area (Å²) in [5, 5.41) is 25.7. The molecule has 20 nitrogen and oxygen atoms in total. The number of phenols is 1. The number of benzene rings is 3. The molecule has 6 bridgehead atoms. The zero-order valence-electron chi connectivity index (χ0n) is 48.0. The van der Waals surface area contributed by atoms with Gasteiger partial charge in [-0.05, 0) is 104 Å². The lowest BCUT2D eigenvalue weighted by atomic mass is 9.84. The summed E-state index contributed by atoms with van der Waals surface area (Å²) in [6, 6.07) is 20.0. The molecule has 3 N–H and O–H groups in total. The molecule has 0 spiro atoms. The average molecular weight is 1140 g/mol. The van der Waals surface area contributed by atoms with Crippen LogP contribution >= 0.6 is 0 Å². The van der Waals surface area contributed by atoms with Crippen molar-refractivity contribution < 1.29 is 51.3 Å². The van der Waals surface area contributed by atoms with Crippen LogP contribution in [0.2, 0.25) is 0 Å². The first-order valence-electron chi connectivity index (χ1n) is 28.5. The van der Waals surface area contributed by atoms with Crippen LogP contribution in [0.4, 0.5) is 0 Å². The quantitative estimate of drug-likeness (QED) is 0.101. The Hall–Kier alpha value is -7.04. The SMILES string of the molecule is CCn1c(-c2cc(-c3nnc(CN4CCS(=O)(=O)CC4)o3)cnc2[C@H](C)OC)c2c3cc(ccc31)-c1cc(O)cc(c1)C[C@H](NC(=O)[C@H](C(C)C)N(C)C(=O)[C@@H]1OCC[C@@H]1c1ccccc1)C(=O)N1CCC[C@H](N1)C(=O)OCC(C)(C)C2. The number of hydrogen-bond donors (Lipinski definition) is 3. The van der Waals surface area contributed by atoms with E-state index in [1.165, 1.54) is 9.91 Å². The summed E-state index contributed by atoms with van der Waals surface area (Å²) < 4.78 is 51.0. The number of aromatic nitrogens is 4. The third kappa shape index (κ3) is 12.3. The van der Waals surface area contributed by atoms with Crippen molar-refractivity contribution in [1.82, 2.24) is 45.3 Å². The molecule has 3 saturated heterocycles. The van der Waals surface area contributed by atoms with E-state index in [9.17, 15) is 32.7 Å². The second-order valence-electron chi connectivity index (χ2n) is 23.4. The van der Waals surface area contributed by atoms with E-state index >= 15 is 0 Å². The third-order valence-corrected chi connectivity index (χ3v) is 18.1. The van der Waals surface area contributed by atoms with Crippen molar-refractivity contribution in [2.45, 2.75) is 123 Å². The number of phenolic OH excluding ortho intramolecular Hbond substituents is 1. The van der Waals surface area contributed by atoms with Crippen LogP contribution < -0.4 is 10.7 Å². The number of aryl methyl sites for hydroxylation is 1.